The Hall–Kier alpha value is -0.500. The summed E-state index contributed by atoms with van der Waals surface area (Å²) in [5.74, 6) is 1.01. The van der Waals surface area contributed by atoms with Crippen molar-refractivity contribution in [2.75, 3.05) is 0 Å². The minimum absolute atomic E-state index is 0.144. The third-order valence-electron chi connectivity index (χ3n) is 2.39. The van der Waals surface area contributed by atoms with E-state index in [9.17, 15) is 0 Å². The van der Waals surface area contributed by atoms with Gasteiger partial charge in [-0.1, -0.05) is 38.5 Å². The van der Waals surface area contributed by atoms with Crippen LogP contribution in [0.4, 0.5) is 0 Å². The summed E-state index contributed by atoms with van der Waals surface area (Å²) in [6.07, 6.45) is 4.49. The van der Waals surface area contributed by atoms with E-state index >= 15 is 0 Å². The molecule has 84 valence electrons. The monoisotopic (exact) mass is 270 g/mol. The van der Waals surface area contributed by atoms with Crippen molar-refractivity contribution in [3.8, 4) is 5.75 Å². The number of unbranched alkanes of at least 4 members (excludes halogenated alkanes) is 1. The molecule has 0 aromatic heterocycles. The Morgan fingerprint density at radius 3 is 2.67 bits per heavy atom. The molecule has 0 spiro atoms. The topological polar surface area (TPSA) is 9.23 Å². The van der Waals surface area contributed by atoms with Crippen LogP contribution in [-0.2, 0) is 6.42 Å². The second kappa shape index (κ2) is 6.89. The summed E-state index contributed by atoms with van der Waals surface area (Å²) >= 11 is 3.56. The lowest BCUT2D eigenvalue weighted by molar-refractivity contribution is 0.277. The average molecular weight is 271 g/mol. The molecule has 0 fully saturated rings. The van der Waals surface area contributed by atoms with Crippen LogP contribution < -0.4 is 4.74 Å². The molecule has 0 radical (unpaired) electrons. The van der Waals surface area contributed by atoms with E-state index < -0.39 is 0 Å². The van der Waals surface area contributed by atoms with E-state index in [2.05, 4.69) is 41.9 Å². The predicted octanol–water partition coefficient (Wildman–Crippen LogP) is 4.54. The van der Waals surface area contributed by atoms with Gasteiger partial charge in [-0.2, -0.15) is 0 Å². The molecule has 2 heteroatoms. The Labute approximate surface area is 101 Å². The molecule has 1 rings (SSSR count). The first kappa shape index (κ1) is 12.6. The van der Waals surface area contributed by atoms with E-state index in [0.717, 1.165) is 18.6 Å². The summed E-state index contributed by atoms with van der Waals surface area (Å²) < 4.78 is 5.86. The Morgan fingerprint density at radius 2 is 2.00 bits per heavy atom. The van der Waals surface area contributed by atoms with Crippen LogP contribution in [0.25, 0.3) is 0 Å². The fraction of sp³-hybridized carbons (Fsp3) is 0.538. The van der Waals surface area contributed by atoms with E-state index in [1.807, 2.05) is 12.1 Å². The van der Waals surface area contributed by atoms with Gasteiger partial charge >= 0.3 is 0 Å². The lowest BCUT2D eigenvalue weighted by Crippen LogP contribution is -2.08. The SMILES string of the molecule is CCCCC(Br)Oc1ccccc1CC. The van der Waals surface area contributed by atoms with Crippen molar-refractivity contribution in [1.82, 2.24) is 0 Å². The number of hydrogen-bond donors (Lipinski definition) is 0. The fourth-order valence-corrected chi connectivity index (χ4v) is 2.00. The van der Waals surface area contributed by atoms with Crippen molar-refractivity contribution in [1.29, 1.82) is 0 Å². The number of halogens is 1. The Kier molecular flexibility index (Phi) is 5.77. The van der Waals surface area contributed by atoms with Crippen molar-refractivity contribution >= 4 is 15.9 Å². The molecule has 1 aromatic carbocycles. The van der Waals surface area contributed by atoms with Gasteiger partial charge in [-0.15, -0.1) is 0 Å². The third kappa shape index (κ3) is 4.25. The normalized spacial score (nSPS) is 12.5. The maximum absolute atomic E-state index is 5.86. The minimum Gasteiger partial charge on any atom is -0.479 e. The molecule has 1 atom stereocenters. The van der Waals surface area contributed by atoms with Gasteiger partial charge in [-0.25, -0.2) is 0 Å². The lowest BCUT2D eigenvalue weighted by Gasteiger charge is -2.15. The van der Waals surface area contributed by atoms with Gasteiger partial charge in [0.1, 0.15) is 5.75 Å². The number of hydrogen-bond acceptors (Lipinski definition) is 1. The number of ether oxygens (including phenoxy) is 1. The Bertz CT molecular complexity index is 286. The van der Waals surface area contributed by atoms with Gasteiger partial charge in [0, 0.05) is 0 Å². The van der Waals surface area contributed by atoms with Crippen molar-refractivity contribution in [3.63, 3.8) is 0 Å². The molecular formula is C13H19BrO. The highest BCUT2D eigenvalue weighted by Gasteiger charge is 2.07. The molecular weight excluding hydrogens is 252 g/mol. The molecule has 0 heterocycles. The molecule has 0 aliphatic carbocycles. The summed E-state index contributed by atoms with van der Waals surface area (Å²) in [7, 11) is 0. The highest BCUT2D eigenvalue weighted by Crippen LogP contribution is 2.23. The van der Waals surface area contributed by atoms with Gasteiger partial charge in [0.05, 0.1) is 0 Å². The van der Waals surface area contributed by atoms with Crippen molar-refractivity contribution in [2.45, 2.75) is 44.5 Å². The summed E-state index contributed by atoms with van der Waals surface area (Å²) in [5, 5.41) is 0.144. The second-order valence-corrected chi connectivity index (χ2v) is 4.65. The zero-order chi connectivity index (χ0) is 11.1. The molecule has 0 aliphatic heterocycles. The highest BCUT2D eigenvalue weighted by atomic mass is 79.9. The number of alkyl halides is 1. The fourth-order valence-electron chi connectivity index (χ4n) is 1.47. The molecule has 0 aliphatic rings. The summed E-state index contributed by atoms with van der Waals surface area (Å²) in [6.45, 7) is 4.34. The number of rotatable bonds is 6. The summed E-state index contributed by atoms with van der Waals surface area (Å²) in [4.78, 5) is 0. The summed E-state index contributed by atoms with van der Waals surface area (Å²) in [6, 6.07) is 8.24. The molecule has 0 saturated heterocycles. The zero-order valence-corrected chi connectivity index (χ0v) is 11.1. The predicted molar refractivity (Wildman–Crippen MR) is 68.7 cm³/mol. The maximum Gasteiger partial charge on any atom is 0.153 e. The van der Waals surface area contributed by atoms with Gasteiger partial charge in [0.2, 0.25) is 0 Å². The smallest absolute Gasteiger partial charge is 0.153 e. The second-order valence-electron chi connectivity index (χ2n) is 3.63. The van der Waals surface area contributed by atoms with E-state index in [1.54, 1.807) is 0 Å². The van der Waals surface area contributed by atoms with E-state index in [0.29, 0.717) is 0 Å². The van der Waals surface area contributed by atoms with E-state index in [1.165, 1.54) is 18.4 Å². The molecule has 0 amide bonds. The van der Waals surface area contributed by atoms with Crippen LogP contribution in [0.3, 0.4) is 0 Å². The molecule has 15 heavy (non-hydrogen) atoms. The molecule has 0 N–H and O–H groups in total. The first-order chi connectivity index (χ1) is 7.27. The lowest BCUT2D eigenvalue weighted by atomic mass is 10.1. The zero-order valence-electron chi connectivity index (χ0n) is 9.50. The van der Waals surface area contributed by atoms with Gasteiger partial charge in [-0.05, 0) is 46.8 Å². The van der Waals surface area contributed by atoms with Crippen LogP contribution in [0.15, 0.2) is 24.3 Å². The molecule has 0 saturated carbocycles. The van der Waals surface area contributed by atoms with Crippen LogP contribution in [0.2, 0.25) is 0 Å². The van der Waals surface area contributed by atoms with E-state index in [4.69, 9.17) is 4.74 Å². The highest BCUT2D eigenvalue weighted by molar-refractivity contribution is 9.09. The molecule has 0 bridgehead atoms. The molecule has 1 aromatic rings. The first-order valence-corrected chi connectivity index (χ1v) is 6.58. The first-order valence-electron chi connectivity index (χ1n) is 5.66. The maximum atomic E-state index is 5.86. The number of para-hydroxylation sites is 1. The van der Waals surface area contributed by atoms with Crippen molar-refractivity contribution in [2.24, 2.45) is 0 Å². The molecule has 1 nitrogen and oxygen atoms in total. The van der Waals surface area contributed by atoms with Crippen LogP contribution in [-0.4, -0.2) is 5.01 Å². The van der Waals surface area contributed by atoms with Crippen LogP contribution in [0.5, 0.6) is 5.75 Å². The third-order valence-corrected chi connectivity index (χ3v) is 3.04. The van der Waals surface area contributed by atoms with Gasteiger partial charge in [-0.3, -0.25) is 0 Å². The number of benzene rings is 1. The van der Waals surface area contributed by atoms with Crippen molar-refractivity contribution in [3.05, 3.63) is 29.8 Å². The summed E-state index contributed by atoms with van der Waals surface area (Å²) in [5.41, 5.74) is 1.28. The van der Waals surface area contributed by atoms with Gasteiger partial charge < -0.3 is 4.74 Å². The van der Waals surface area contributed by atoms with Gasteiger partial charge in [0.15, 0.2) is 5.01 Å². The Morgan fingerprint density at radius 1 is 1.27 bits per heavy atom. The van der Waals surface area contributed by atoms with Crippen molar-refractivity contribution < 1.29 is 4.74 Å². The van der Waals surface area contributed by atoms with E-state index in [-0.39, 0.29) is 5.01 Å². The molecule has 1 unspecified atom stereocenters. The van der Waals surface area contributed by atoms with Gasteiger partial charge in [0.25, 0.3) is 0 Å². The van der Waals surface area contributed by atoms with Crippen LogP contribution in [0.1, 0.15) is 38.7 Å². The average Bonchev–Trinajstić information content (AvgIpc) is 2.27. The largest absolute Gasteiger partial charge is 0.479 e. The minimum atomic E-state index is 0.144. The van der Waals surface area contributed by atoms with Crippen LogP contribution in [0, 0.1) is 0 Å². The van der Waals surface area contributed by atoms with Crippen LogP contribution >= 0.6 is 15.9 Å². The number of aryl methyl sites for hydroxylation is 1. The quantitative estimate of drug-likeness (QED) is 0.690. The standard InChI is InChI=1S/C13H19BrO/c1-3-5-10-13(14)15-12-9-7-6-8-11(12)4-2/h6-9,13H,3-5,10H2,1-2H3. The Balaban J connectivity index is 2.55.